The maximum Gasteiger partial charge on any atom is 0.328 e. The van der Waals surface area contributed by atoms with Gasteiger partial charge in [-0.05, 0) is 24.1 Å². The Balaban J connectivity index is 1.68. The molecule has 5 N–H and O–H groups in total. The average molecular weight is 579 g/mol. The van der Waals surface area contributed by atoms with Gasteiger partial charge in [-0.25, -0.2) is 14.6 Å². The zero-order valence-electron chi connectivity index (χ0n) is 23.8. The smallest absolute Gasteiger partial charge is 0.328 e. The third-order valence-corrected chi connectivity index (χ3v) is 7.10. The maximum atomic E-state index is 13.5. The number of hydrogen-bond donors (Lipinski definition) is 5. The van der Waals surface area contributed by atoms with Gasteiger partial charge in [0.05, 0.1) is 17.8 Å². The summed E-state index contributed by atoms with van der Waals surface area (Å²) in [5.41, 5.74) is 1.32. The first kappa shape index (κ1) is 29.8. The second kappa shape index (κ2) is 12.1. The van der Waals surface area contributed by atoms with E-state index in [0.717, 1.165) is 15.0 Å². The number of carbonyl (C=O) groups is 3. The van der Waals surface area contributed by atoms with Crippen molar-refractivity contribution in [2.24, 2.45) is 12.0 Å². The first-order valence-electron chi connectivity index (χ1n) is 13.3. The Morgan fingerprint density at radius 1 is 1.00 bits per heavy atom. The van der Waals surface area contributed by atoms with Crippen LogP contribution in [0.2, 0.25) is 0 Å². The van der Waals surface area contributed by atoms with Crippen LogP contribution in [-0.4, -0.2) is 103 Å². The minimum atomic E-state index is -1.33. The lowest BCUT2D eigenvalue weighted by Gasteiger charge is -2.40. The Hall–Kier alpha value is -5.20. The van der Waals surface area contributed by atoms with Crippen molar-refractivity contribution < 1.29 is 34.8 Å². The Labute approximate surface area is 242 Å². The summed E-state index contributed by atoms with van der Waals surface area (Å²) >= 11 is 0. The summed E-state index contributed by atoms with van der Waals surface area (Å²) in [4.78, 5) is 46.4. The number of carboxylic acids is 1. The molecular formula is C29H34N6O7. The second-order valence-electron chi connectivity index (χ2n) is 10.0. The molecule has 1 aromatic heterocycles. The lowest BCUT2D eigenvalue weighted by atomic mass is 10.1. The number of rotatable bonds is 7. The molecule has 0 bridgehead atoms. The lowest BCUT2D eigenvalue weighted by Crippen LogP contribution is -2.60. The number of hydrogen-bond acceptors (Lipinski definition) is 8. The molecule has 1 atom stereocenters. The van der Waals surface area contributed by atoms with Gasteiger partial charge in [0.1, 0.15) is 11.7 Å². The molecule has 4 rings (SSSR count). The van der Waals surface area contributed by atoms with E-state index in [9.17, 15) is 34.8 Å². The van der Waals surface area contributed by atoms with Crippen LogP contribution >= 0.6 is 0 Å². The van der Waals surface area contributed by atoms with Gasteiger partial charge in [-0.2, -0.15) is 0 Å². The van der Waals surface area contributed by atoms with Crippen LogP contribution in [0.5, 0.6) is 17.5 Å². The fraction of sp³-hybridized carbons (Fsp3) is 0.310. The predicted molar refractivity (Wildman–Crippen MR) is 156 cm³/mol. The monoisotopic (exact) mass is 578 g/mol. The number of amides is 3. The van der Waals surface area contributed by atoms with Crippen molar-refractivity contribution in [2.45, 2.75) is 19.4 Å². The fourth-order valence-corrected chi connectivity index (χ4v) is 4.78. The van der Waals surface area contributed by atoms with Gasteiger partial charge in [0.25, 0.3) is 5.91 Å². The maximum absolute atomic E-state index is 13.5. The molecule has 13 nitrogen and oxygen atoms in total. The molecule has 1 aliphatic heterocycles. The summed E-state index contributed by atoms with van der Waals surface area (Å²) in [6.45, 7) is 1.75. The number of piperazine rings is 1. The second-order valence-corrected chi connectivity index (χ2v) is 10.0. The largest absolute Gasteiger partial charge is 0.505 e. The van der Waals surface area contributed by atoms with Gasteiger partial charge < -0.3 is 40.4 Å². The number of anilines is 2. The summed E-state index contributed by atoms with van der Waals surface area (Å²) in [6, 6.07) is 11.9. The number of aliphatic carboxylic acids is 1. The van der Waals surface area contributed by atoms with Gasteiger partial charge in [-0.15, -0.1) is 0 Å². The number of phenols is 1. The third-order valence-electron chi connectivity index (χ3n) is 7.10. The molecule has 1 fully saturated rings. The zero-order valence-corrected chi connectivity index (χ0v) is 23.8. The van der Waals surface area contributed by atoms with Crippen molar-refractivity contribution >= 4 is 40.7 Å². The highest BCUT2D eigenvalue weighted by Gasteiger charge is 2.38. The van der Waals surface area contributed by atoms with E-state index in [1.807, 2.05) is 37.3 Å². The SMILES string of the molecule is CCC(=Nc1c(Nc2cccc(C(=O)N3CCN(C(=O)N(C)C)CC3C(=O)O)c2O)c(O)n(C)c1O)c1ccccc1. The lowest BCUT2D eigenvalue weighted by molar-refractivity contribution is -0.144. The molecule has 3 aromatic rings. The summed E-state index contributed by atoms with van der Waals surface area (Å²) in [5, 5.41) is 45.4. The quantitative estimate of drug-likeness (QED) is 0.210. The molecule has 2 heterocycles. The Morgan fingerprint density at radius 2 is 1.69 bits per heavy atom. The summed E-state index contributed by atoms with van der Waals surface area (Å²) in [7, 11) is 4.55. The summed E-state index contributed by atoms with van der Waals surface area (Å²) in [5.74, 6) is -3.20. The van der Waals surface area contributed by atoms with Gasteiger partial charge in [0.2, 0.25) is 11.8 Å². The van der Waals surface area contributed by atoms with Crippen molar-refractivity contribution in [1.82, 2.24) is 19.3 Å². The number of nitrogens with one attached hydrogen (secondary N) is 1. The molecule has 1 aliphatic rings. The van der Waals surface area contributed by atoms with Crippen LogP contribution in [0.1, 0.15) is 29.3 Å². The standard InChI is InChI=1S/C29H34N6O7/c1-5-19(17-10-7-6-8-11-17)30-22-23(27(39)33(4)26(22)38)31-20-13-9-12-18(24(20)36)25(37)35-15-14-34(29(42)32(2)3)16-21(35)28(40)41/h6-13,21,31,36,38-39H,5,14-16H2,1-4H3,(H,40,41). The Bertz CT molecular complexity index is 1530. The van der Waals surface area contributed by atoms with Gasteiger partial charge >= 0.3 is 12.0 Å². The van der Waals surface area contributed by atoms with E-state index >= 15 is 0 Å². The van der Waals surface area contributed by atoms with Crippen LogP contribution in [0.3, 0.4) is 0 Å². The van der Waals surface area contributed by atoms with Gasteiger partial charge in [-0.1, -0.05) is 43.3 Å². The molecule has 3 amide bonds. The average Bonchev–Trinajstić information content (AvgIpc) is 3.18. The van der Waals surface area contributed by atoms with Gasteiger partial charge in [0.15, 0.2) is 11.4 Å². The van der Waals surface area contributed by atoms with Crippen LogP contribution in [0, 0.1) is 0 Å². The van der Waals surface area contributed by atoms with Crippen LogP contribution in [0.25, 0.3) is 0 Å². The van der Waals surface area contributed by atoms with E-state index in [2.05, 4.69) is 10.3 Å². The van der Waals surface area contributed by atoms with Gasteiger partial charge in [0, 0.05) is 39.9 Å². The van der Waals surface area contributed by atoms with Gasteiger partial charge in [-0.3, -0.25) is 9.36 Å². The number of aliphatic imine (C=N–C) groups is 1. The molecule has 42 heavy (non-hydrogen) atoms. The van der Waals surface area contributed by atoms with Crippen molar-refractivity contribution in [3.05, 3.63) is 59.7 Å². The molecule has 1 unspecified atom stereocenters. The molecule has 0 spiro atoms. The molecule has 0 radical (unpaired) electrons. The number of carboxylic acid groups (broad SMARTS) is 1. The number of carbonyl (C=O) groups excluding carboxylic acids is 2. The van der Waals surface area contributed by atoms with E-state index in [1.54, 1.807) is 14.1 Å². The molecule has 222 valence electrons. The number of phenolic OH excluding ortho intramolecular Hbond substituents is 1. The van der Waals surface area contributed by atoms with E-state index < -0.39 is 23.7 Å². The van der Waals surface area contributed by atoms with Crippen molar-refractivity contribution in [3.8, 4) is 17.5 Å². The molecule has 13 heteroatoms. The van der Waals surface area contributed by atoms with E-state index in [0.29, 0.717) is 12.1 Å². The molecule has 2 aromatic carbocycles. The van der Waals surface area contributed by atoms with Crippen LogP contribution < -0.4 is 5.32 Å². The van der Waals surface area contributed by atoms with E-state index in [4.69, 9.17) is 0 Å². The molecule has 0 saturated carbocycles. The first-order chi connectivity index (χ1) is 20.0. The number of benzene rings is 2. The van der Waals surface area contributed by atoms with Crippen LogP contribution in [0.15, 0.2) is 53.5 Å². The van der Waals surface area contributed by atoms with Crippen LogP contribution in [-0.2, 0) is 11.8 Å². The van der Waals surface area contributed by atoms with Crippen molar-refractivity contribution in [2.75, 3.05) is 39.0 Å². The number of aromatic nitrogens is 1. The highest BCUT2D eigenvalue weighted by molar-refractivity contribution is 6.04. The normalized spacial score (nSPS) is 15.4. The minimum absolute atomic E-state index is 0.00370. The Kier molecular flexibility index (Phi) is 8.59. The van der Waals surface area contributed by atoms with Crippen LogP contribution in [0.4, 0.5) is 21.9 Å². The fourth-order valence-electron chi connectivity index (χ4n) is 4.78. The first-order valence-corrected chi connectivity index (χ1v) is 13.3. The number of aromatic hydroxyl groups is 3. The van der Waals surface area contributed by atoms with E-state index in [-0.39, 0.29) is 60.1 Å². The summed E-state index contributed by atoms with van der Waals surface area (Å²) < 4.78 is 1.12. The minimum Gasteiger partial charge on any atom is -0.505 e. The summed E-state index contributed by atoms with van der Waals surface area (Å²) in [6.07, 6.45) is 0.520. The molecule has 0 aliphatic carbocycles. The zero-order chi connectivity index (χ0) is 30.7. The Morgan fingerprint density at radius 3 is 2.31 bits per heavy atom. The molecule has 1 saturated heterocycles. The topological polar surface area (TPSA) is 171 Å². The number of urea groups is 1. The van der Waals surface area contributed by atoms with E-state index in [1.165, 1.54) is 35.0 Å². The highest BCUT2D eigenvalue weighted by atomic mass is 16.4. The number of nitrogens with zero attached hydrogens (tertiary/aromatic N) is 5. The molecular weight excluding hydrogens is 544 g/mol. The van der Waals surface area contributed by atoms with Crippen molar-refractivity contribution in [1.29, 1.82) is 0 Å². The highest BCUT2D eigenvalue weighted by Crippen LogP contribution is 2.47. The van der Waals surface area contributed by atoms with Crippen molar-refractivity contribution in [3.63, 3.8) is 0 Å². The third kappa shape index (κ3) is 5.66. The number of para-hydroxylation sites is 1. The predicted octanol–water partition coefficient (Wildman–Crippen LogP) is 3.31.